The SMILES string of the molecule is CC(C)CC1CCCC2(C1)C[C@@H](N)c1cc(Br)ccc1O2. The molecular weight excluding hydrogens is 326 g/mol. The van der Waals surface area contributed by atoms with Crippen LogP contribution in [0.15, 0.2) is 22.7 Å². The molecule has 1 aliphatic heterocycles. The number of rotatable bonds is 2. The highest BCUT2D eigenvalue weighted by Gasteiger charge is 2.43. The minimum Gasteiger partial charge on any atom is -0.487 e. The minimum atomic E-state index is -0.0158. The molecule has 2 unspecified atom stereocenters. The van der Waals surface area contributed by atoms with Gasteiger partial charge in [-0.15, -0.1) is 0 Å². The molecule has 2 aliphatic rings. The monoisotopic (exact) mass is 351 g/mol. The molecule has 0 bridgehead atoms. The molecular formula is C18H26BrNO. The summed E-state index contributed by atoms with van der Waals surface area (Å²) in [6, 6.07) is 6.34. The second-order valence-electron chi connectivity index (χ2n) is 7.37. The molecule has 3 heteroatoms. The molecule has 21 heavy (non-hydrogen) atoms. The lowest BCUT2D eigenvalue weighted by Gasteiger charge is -2.46. The summed E-state index contributed by atoms with van der Waals surface area (Å²) in [6.45, 7) is 4.64. The Morgan fingerprint density at radius 2 is 2.19 bits per heavy atom. The van der Waals surface area contributed by atoms with Crippen LogP contribution in [0.4, 0.5) is 0 Å². The van der Waals surface area contributed by atoms with Crippen molar-refractivity contribution in [3.63, 3.8) is 0 Å². The molecule has 0 saturated heterocycles. The molecule has 3 rings (SSSR count). The van der Waals surface area contributed by atoms with Gasteiger partial charge in [-0.05, 0) is 55.7 Å². The van der Waals surface area contributed by atoms with E-state index in [0.29, 0.717) is 0 Å². The zero-order chi connectivity index (χ0) is 15.0. The van der Waals surface area contributed by atoms with Crippen LogP contribution >= 0.6 is 15.9 Å². The number of halogens is 1. The molecule has 3 atom stereocenters. The van der Waals surface area contributed by atoms with E-state index in [1.807, 2.05) is 0 Å². The van der Waals surface area contributed by atoms with Crippen LogP contribution in [0.25, 0.3) is 0 Å². The molecule has 116 valence electrons. The number of fused-ring (bicyclic) bond motifs is 1. The van der Waals surface area contributed by atoms with Gasteiger partial charge >= 0.3 is 0 Å². The van der Waals surface area contributed by atoms with Crippen LogP contribution in [-0.2, 0) is 0 Å². The summed E-state index contributed by atoms with van der Waals surface area (Å²) in [4.78, 5) is 0. The molecule has 0 amide bonds. The highest BCUT2D eigenvalue weighted by Crippen LogP contribution is 2.48. The summed E-state index contributed by atoms with van der Waals surface area (Å²) < 4.78 is 7.58. The average Bonchev–Trinajstić information content (AvgIpc) is 2.39. The number of hydrogen-bond donors (Lipinski definition) is 1. The third-order valence-electron chi connectivity index (χ3n) is 5.00. The average molecular weight is 352 g/mol. The summed E-state index contributed by atoms with van der Waals surface area (Å²) in [7, 11) is 0. The fourth-order valence-corrected chi connectivity index (χ4v) is 4.66. The largest absolute Gasteiger partial charge is 0.487 e. The third kappa shape index (κ3) is 3.29. The highest BCUT2D eigenvalue weighted by atomic mass is 79.9. The Bertz CT molecular complexity index is 516. The third-order valence-corrected chi connectivity index (χ3v) is 5.49. The van der Waals surface area contributed by atoms with E-state index in [4.69, 9.17) is 10.5 Å². The van der Waals surface area contributed by atoms with Crippen molar-refractivity contribution in [2.24, 2.45) is 17.6 Å². The van der Waals surface area contributed by atoms with E-state index in [-0.39, 0.29) is 11.6 Å². The van der Waals surface area contributed by atoms with Crippen LogP contribution in [0, 0.1) is 11.8 Å². The standard InChI is InChI=1S/C18H26BrNO/c1-12(2)8-13-4-3-7-18(10-13)11-16(20)15-9-14(19)5-6-17(15)21-18/h5-6,9,12-13,16H,3-4,7-8,10-11,20H2,1-2H3/t13?,16-,18?/m1/s1. The van der Waals surface area contributed by atoms with E-state index >= 15 is 0 Å². The zero-order valence-corrected chi connectivity index (χ0v) is 14.7. The summed E-state index contributed by atoms with van der Waals surface area (Å²) in [5, 5.41) is 0. The Balaban J connectivity index is 1.82. The minimum absolute atomic E-state index is 0.0158. The van der Waals surface area contributed by atoms with Gasteiger partial charge in [0.25, 0.3) is 0 Å². The van der Waals surface area contributed by atoms with Gasteiger partial charge in [0.2, 0.25) is 0 Å². The first-order chi connectivity index (χ1) is 9.97. The van der Waals surface area contributed by atoms with Gasteiger partial charge in [-0.3, -0.25) is 0 Å². The van der Waals surface area contributed by atoms with Crippen molar-refractivity contribution in [3.05, 3.63) is 28.2 Å². The van der Waals surface area contributed by atoms with E-state index < -0.39 is 0 Å². The van der Waals surface area contributed by atoms with Crippen molar-refractivity contribution < 1.29 is 4.74 Å². The lowest BCUT2D eigenvalue weighted by atomic mass is 9.71. The van der Waals surface area contributed by atoms with Crippen molar-refractivity contribution in [1.82, 2.24) is 0 Å². The fourth-order valence-electron chi connectivity index (χ4n) is 4.28. The quantitative estimate of drug-likeness (QED) is 0.793. The van der Waals surface area contributed by atoms with Gasteiger partial charge in [0.1, 0.15) is 11.4 Å². The van der Waals surface area contributed by atoms with Crippen LogP contribution in [0.3, 0.4) is 0 Å². The first kappa shape index (κ1) is 15.4. The van der Waals surface area contributed by atoms with Gasteiger partial charge in [-0.2, -0.15) is 0 Å². The lowest BCUT2D eigenvalue weighted by molar-refractivity contribution is -0.0201. The van der Waals surface area contributed by atoms with Gasteiger partial charge in [0.15, 0.2) is 0 Å². The van der Waals surface area contributed by atoms with Crippen LogP contribution in [-0.4, -0.2) is 5.60 Å². The zero-order valence-electron chi connectivity index (χ0n) is 13.1. The molecule has 0 radical (unpaired) electrons. The van der Waals surface area contributed by atoms with Gasteiger partial charge < -0.3 is 10.5 Å². The summed E-state index contributed by atoms with van der Waals surface area (Å²) in [6.07, 6.45) is 7.24. The van der Waals surface area contributed by atoms with E-state index in [2.05, 4.69) is 48.0 Å². The number of hydrogen-bond acceptors (Lipinski definition) is 2. The number of ether oxygens (including phenoxy) is 1. The van der Waals surface area contributed by atoms with Crippen LogP contribution in [0.5, 0.6) is 5.75 Å². The number of benzene rings is 1. The molecule has 1 aliphatic carbocycles. The van der Waals surface area contributed by atoms with Crippen LogP contribution < -0.4 is 10.5 Å². The summed E-state index contributed by atoms with van der Waals surface area (Å²) in [5.41, 5.74) is 7.60. The molecule has 2 nitrogen and oxygen atoms in total. The second kappa shape index (κ2) is 5.92. The van der Waals surface area contributed by atoms with E-state index in [1.54, 1.807) is 0 Å². The molecule has 0 aromatic heterocycles. The topological polar surface area (TPSA) is 35.2 Å². The van der Waals surface area contributed by atoms with Crippen molar-refractivity contribution in [1.29, 1.82) is 0 Å². The second-order valence-corrected chi connectivity index (χ2v) is 8.29. The summed E-state index contributed by atoms with van der Waals surface area (Å²) >= 11 is 3.53. The van der Waals surface area contributed by atoms with Crippen molar-refractivity contribution in [3.8, 4) is 5.75 Å². The van der Waals surface area contributed by atoms with E-state index in [0.717, 1.165) is 40.5 Å². The Morgan fingerprint density at radius 1 is 1.38 bits per heavy atom. The Kier molecular flexibility index (Phi) is 4.33. The van der Waals surface area contributed by atoms with Gasteiger partial charge in [0, 0.05) is 22.5 Å². The maximum atomic E-state index is 6.50. The smallest absolute Gasteiger partial charge is 0.124 e. The predicted molar refractivity (Wildman–Crippen MR) is 90.5 cm³/mol. The lowest BCUT2D eigenvalue weighted by Crippen LogP contribution is -2.46. The van der Waals surface area contributed by atoms with Crippen molar-refractivity contribution >= 4 is 15.9 Å². The Hall–Kier alpha value is -0.540. The maximum Gasteiger partial charge on any atom is 0.124 e. The Morgan fingerprint density at radius 3 is 2.95 bits per heavy atom. The molecule has 1 aromatic rings. The van der Waals surface area contributed by atoms with Gasteiger partial charge in [0.05, 0.1) is 0 Å². The Labute approximate surface area is 136 Å². The normalized spacial score (nSPS) is 32.0. The first-order valence-electron chi connectivity index (χ1n) is 8.21. The van der Waals surface area contributed by atoms with E-state index in [9.17, 15) is 0 Å². The highest BCUT2D eigenvalue weighted by molar-refractivity contribution is 9.10. The predicted octanol–water partition coefficient (Wildman–Crippen LogP) is 5.21. The molecule has 1 fully saturated rings. The maximum absolute atomic E-state index is 6.50. The molecule has 1 spiro atoms. The van der Waals surface area contributed by atoms with Crippen molar-refractivity contribution in [2.75, 3.05) is 0 Å². The van der Waals surface area contributed by atoms with Crippen LogP contribution in [0.2, 0.25) is 0 Å². The van der Waals surface area contributed by atoms with Gasteiger partial charge in [-0.1, -0.05) is 36.2 Å². The molecule has 1 aromatic carbocycles. The van der Waals surface area contributed by atoms with Crippen molar-refractivity contribution in [2.45, 2.75) is 64.0 Å². The van der Waals surface area contributed by atoms with Gasteiger partial charge in [-0.25, -0.2) is 0 Å². The first-order valence-corrected chi connectivity index (χ1v) is 9.01. The van der Waals surface area contributed by atoms with Crippen LogP contribution in [0.1, 0.15) is 64.0 Å². The number of nitrogens with two attached hydrogens (primary N) is 1. The van der Waals surface area contributed by atoms with E-state index in [1.165, 1.54) is 25.7 Å². The molecule has 1 heterocycles. The molecule has 2 N–H and O–H groups in total. The summed E-state index contributed by atoms with van der Waals surface area (Å²) in [5.74, 6) is 2.57. The molecule has 1 saturated carbocycles. The fraction of sp³-hybridized carbons (Fsp3) is 0.667.